The number of hydrogen-bond acceptors (Lipinski definition) is 4. The molecule has 1 unspecified atom stereocenters. The van der Waals surface area contributed by atoms with Crippen LogP contribution in [0.15, 0.2) is 18.2 Å². The van der Waals surface area contributed by atoms with Crippen LogP contribution in [0.3, 0.4) is 0 Å². The summed E-state index contributed by atoms with van der Waals surface area (Å²) in [4.78, 5) is 14.2. The zero-order valence-corrected chi connectivity index (χ0v) is 7.02. The molecule has 1 aromatic rings. The van der Waals surface area contributed by atoms with Gasteiger partial charge in [0.25, 0.3) is 0 Å². The summed E-state index contributed by atoms with van der Waals surface area (Å²) in [6.45, 7) is 1.41. The van der Waals surface area contributed by atoms with Gasteiger partial charge in [-0.3, -0.25) is 0 Å². The number of carboxylic acid groups (broad SMARTS) is 1. The second-order valence-electron chi connectivity index (χ2n) is 2.50. The van der Waals surface area contributed by atoms with E-state index in [1.54, 1.807) is 6.07 Å². The Bertz CT molecular complexity index is 312. The van der Waals surface area contributed by atoms with E-state index in [-0.39, 0.29) is 11.5 Å². The molecule has 0 aliphatic rings. The van der Waals surface area contributed by atoms with Gasteiger partial charge in [-0.2, -0.15) is 0 Å². The first-order chi connectivity index (χ1) is 6.09. The van der Waals surface area contributed by atoms with Crippen molar-refractivity contribution in [3.63, 3.8) is 0 Å². The summed E-state index contributed by atoms with van der Waals surface area (Å²) in [5.41, 5.74) is -0.0781. The Kier molecular flexibility index (Phi) is 2.81. The molecule has 0 bridgehead atoms. The first-order valence-corrected chi connectivity index (χ1v) is 3.72. The van der Waals surface area contributed by atoms with Crippen molar-refractivity contribution < 1.29 is 15.0 Å². The Morgan fingerprint density at radius 3 is 2.92 bits per heavy atom. The molecule has 0 aliphatic carbocycles. The van der Waals surface area contributed by atoms with Crippen molar-refractivity contribution in [3.8, 4) is 0 Å². The van der Waals surface area contributed by atoms with Gasteiger partial charge in [0, 0.05) is 0 Å². The van der Waals surface area contributed by atoms with Gasteiger partial charge in [-0.05, 0) is 12.1 Å². The van der Waals surface area contributed by atoms with Crippen LogP contribution in [0.2, 0.25) is 0 Å². The van der Waals surface area contributed by atoms with E-state index in [0.717, 1.165) is 0 Å². The van der Waals surface area contributed by atoms with Gasteiger partial charge in [0.1, 0.15) is 5.82 Å². The number of anilines is 1. The third-order valence-corrected chi connectivity index (χ3v) is 1.32. The molecule has 0 amide bonds. The predicted molar refractivity (Wildman–Crippen MR) is 44.3 cm³/mol. The molecule has 5 nitrogen and oxygen atoms in total. The minimum absolute atomic E-state index is 0.0781. The Hall–Kier alpha value is -1.62. The number of nitrogens with one attached hydrogen (secondary N) is 1. The molecule has 1 atom stereocenters. The SMILES string of the molecule is CC([O-])Nc1cccc(C(=O)O)n1. The van der Waals surface area contributed by atoms with Crippen LogP contribution in [0.1, 0.15) is 17.4 Å². The molecule has 0 saturated carbocycles. The summed E-state index contributed by atoms with van der Waals surface area (Å²) in [6.07, 6.45) is -1.00. The Balaban J connectivity index is 2.85. The number of carboxylic acids is 1. The molecule has 1 heterocycles. The highest BCUT2D eigenvalue weighted by Crippen LogP contribution is 2.04. The quantitative estimate of drug-likeness (QED) is 0.636. The number of carbonyl (C=O) groups is 1. The van der Waals surface area contributed by atoms with Crippen molar-refractivity contribution in [2.75, 3.05) is 5.32 Å². The standard InChI is InChI=1S/C8H9N2O3/c1-5(11)9-7-4-2-3-6(10-7)8(12)13/h2-5H,1H3,(H,9,10)(H,12,13)/q-1. The zero-order valence-electron chi connectivity index (χ0n) is 7.02. The molecule has 1 aromatic heterocycles. The number of pyridine rings is 1. The topological polar surface area (TPSA) is 85.3 Å². The lowest BCUT2D eigenvalue weighted by Gasteiger charge is -2.18. The second-order valence-corrected chi connectivity index (χ2v) is 2.50. The van der Waals surface area contributed by atoms with Gasteiger partial charge in [-0.15, -0.1) is 0 Å². The van der Waals surface area contributed by atoms with E-state index in [1.807, 2.05) is 0 Å². The van der Waals surface area contributed by atoms with Crippen molar-refractivity contribution in [2.24, 2.45) is 0 Å². The summed E-state index contributed by atoms with van der Waals surface area (Å²) in [6, 6.07) is 4.44. The van der Waals surface area contributed by atoms with Crippen LogP contribution in [0, 0.1) is 0 Å². The molecule has 2 N–H and O–H groups in total. The van der Waals surface area contributed by atoms with Crippen molar-refractivity contribution in [1.29, 1.82) is 0 Å². The van der Waals surface area contributed by atoms with Crippen LogP contribution < -0.4 is 10.4 Å². The highest BCUT2D eigenvalue weighted by molar-refractivity contribution is 5.85. The summed E-state index contributed by atoms with van der Waals surface area (Å²) in [5, 5.41) is 21.7. The highest BCUT2D eigenvalue weighted by Gasteiger charge is 2.03. The first kappa shape index (κ1) is 9.47. The monoisotopic (exact) mass is 181 g/mol. The van der Waals surface area contributed by atoms with Gasteiger partial charge in [-0.1, -0.05) is 19.2 Å². The van der Waals surface area contributed by atoms with Crippen LogP contribution in [0.4, 0.5) is 5.82 Å². The Labute approximate surface area is 75.0 Å². The maximum absolute atomic E-state index is 10.7. The van der Waals surface area contributed by atoms with Crippen molar-refractivity contribution >= 4 is 11.8 Å². The minimum atomic E-state index is -1.11. The number of aromatic nitrogens is 1. The smallest absolute Gasteiger partial charge is 0.354 e. The number of rotatable bonds is 3. The Morgan fingerprint density at radius 1 is 1.69 bits per heavy atom. The van der Waals surface area contributed by atoms with E-state index >= 15 is 0 Å². The van der Waals surface area contributed by atoms with Gasteiger partial charge in [-0.25, -0.2) is 9.78 Å². The third-order valence-electron chi connectivity index (χ3n) is 1.32. The van der Waals surface area contributed by atoms with E-state index in [4.69, 9.17) is 5.11 Å². The van der Waals surface area contributed by atoms with Gasteiger partial charge >= 0.3 is 5.97 Å². The van der Waals surface area contributed by atoms with Crippen LogP contribution in [-0.4, -0.2) is 22.3 Å². The van der Waals surface area contributed by atoms with Gasteiger partial charge in [0.05, 0.1) is 0 Å². The van der Waals surface area contributed by atoms with E-state index in [1.165, 1.54) is 19.1 Å². The minimum Gasteiger partial charge on any atom is -0.837 e. The second kappa shape index (κ2) is 3.86. The first-order valence-electron chi connectivity index (χ1n) is 3.72. The molecule has 0 aromatic carbocycles. The number of aromatic carboxylic acids is 1. The lowest BCUT2D eigenvalue weighted by Crippen LogP contribution is -2.30. The van der Waals surface area contributed by atoms with Crippen molar-refractivity contribution in [3.05, 3.63) is 23.9 Å². The highest BCUT2D eigenvalue weighted by atomic mass is 16.4. The molecule has 5 heteroatoms. The van der Waals surface area contributed by atoms with Gasteiger partial charge in [0.15, 0.2) is 5.69 Å². The van der Waals surface area contributed by atoms with E-state index < -0.39 is 12.2 Å². The van der Waals surface area contributed by atoms with E-state index in [9.17, 15) is 9.90 Å². The number of nitrogens with zero attached hydrogens (tertiary/aromatic N) is 1. The molecule has 0 aliphatic heterocycles. The normalized spacial score (nSPS) is 12.2. The molecule has 1 rings (SSSR count). The molecule has 0 fully saturated rings. The van der Waals surface area contributed by atoms with Crippen LogP contribution in [0.5, 0.6) is 0 Å². The fourth-order valence-corrected chi connectivity index (χ4v) is 0.842. The average Bonchev–Trinajstić information content (AvgIpc) is 2.03. The van der Waals surface area contributed by atoms with Crippen LogP contribution >= 0.6 is 0 Å². The van der Waals surface area contributed by atoms with Crippen LogP contribution in [-0.2, 0) is 0 Å². The molecular weight excluding hydrogens is 172 g/mol. The molecule has 13 heavy (non-hydrogen) atoms. The van der Waals surface area contributed by atoms with Crippen LogP contribution in [0.25, 0.3) is 0 Å². The van der Waals surface area contributed by atoms with Crippen molar-refractivity contribution in [1.82, 2.24) is 4.98 Å². The molecule has 70 valence electrons. The van der Waals surface area contributed by atoms with E-state index in [0.29, 0.717) is 0 Å². The summed E-state index contributed by atoms with van der Waals surface area (Å²) in [5.74, 6) is -0.829. The molecule has 0 saturated heterocycles. The van der Waals surface area contributed by atoms with Crippen molar-refractivity contribution in [2.45, 2.75) is 13.2 Å². The average molecular weight is 181 g/mol. The van der Waals surface area contributed by atoms with Gasteiger partial charge in [0.2, 0.25) is 0 Å². The lowest BCUT2D eigenvalue weighted by molar-refractivity contribution is -0.404. The van der Waals surface area contributed by atoms with E-state index in [2.05, 4.69) is 10.3 Å². The van der Waals surface area contributed by atoms with Gasteiger partial charge < -0.3 is 15.5 Å². The third kappa shape index (κ3) is 2.72. The summed E-state index contributed by atoms with van der Waals surface area (Å²) < 4.78 is 0. The summed E-state index contributed by atoms with van der Waals surface area (Å²) in [7, 11) is 0. The maximum Gasteiger partial charge on any atom is 0.354 e. The lowest BCUT2D eigenvalue weighted by atomic mass is 10.3. The zero-order chi connectivity index (χ0) is 9.84. The Morgan fingerprint density at radius 2 is 2.38 bits per heavy atom. The molecule has 0 spiro atoms. The summed E-state index contributed by atoms with van der Waals surface area (Å²) >= 11 is 0. The predicted octanol–water partition coefficient (Wildman–Crippen LogP) is -0.102. The fraction of sp³-hybridized carbons (Fsp3) is 0.250. The molecular formula is C8H9N2O3-. The number of hydrogen-bond donors (Lipinski definition) is 2. The largest absolute Gasteiger partial charge is 0.837 e. The molecule has 0 radical (unpaired) electrons. The fourth-order valence-electron chi connectivity index (χ4n) is 0.842. The maximum atomic E-state index is 10.7.